The fraction of sp³-hybridized carbons (Fsp3) is 1.00. The standard InChI is InChI=1S/C24H52N2O/c1-3-5-7-9-11-13-15-19-24(18-14-12-10-8-6-4-2)27-23-17-22-26-21-16-20-25/h24,26H,3-23,25H2,1-2H3. The third kappa shape index (κ3) is 22.0. The van der Waals surface area contributed by atoms with Gasteiger partial charge in [0, 0.05) is 6.61 Å². The maximum atomic E-state index is 6.26. The van der Waals surface area contributed by atoms with Gasteiger partial charge in [-0.15, -0.1) is 0 Å². The zero-order valence-corrected chi connectivity index (χ0v) is 18.9. The highest BCUT2D eigenvalue weighted by molar-refractivity contribution is 4.61. The second-order valence-corrected chi connectivity index (χ2v) is 8.21. The summed E-state index contributed by atoms with van der Waals surface area (Å²) < 4.78 is 6.26. The second-order valence-electron chi connectivity index (χ2n) is 8.21. The minimum Gasteiger partial charge on any atom is -0.378 e. The van der Waals surface area contributed by atoms with E-state index in [0.717, 1.165) is 39.1 Å². The molecule has 0 aromatic carbocycles. The Morgan fingerprint density at radius 1 is 0.630 bits per heavy atom. The summed E-state index contributed by atoms with van der Waals surface area (Å²) in [5, 5.41) is 3.45. The molecule has 0 heterocycles. The smallest absolute Gasteiger partial charge is 0.0575 e. The van der Waals surface area contributed by atoms with Crippen LogP contribution in [-0.4, -0.2) is 32.3 Å². The third-order valence-corrected chi connectivity index (χ3v) is 5.42. The first-order chi connectivity index (χ1) is 13.3. The van der Waals surface area contributed by atoms with Crippen LogP contribution in [0.4, 0.5) is 0 Å². The molecule has 0 aromatic rings. The van der Waals surface area contributed by atoms with Crippen molar-refractivity contribution in [2.75, 3.05) is 26.2 Å². The van der Waals surface area contributed by atoms with E-state index in [4.69, 9.17) is 10.5 Å². The van der Waals surface area contributed by atoms with Gasteiger partial charge in [0.2, 0.25) is 0 Å². The zero-order chi connectivity index (χ0) is 19.8. The summed E-state index contributed by atoms with van der Waals surface area (Å²) in [5.41, 5.74) is 5.52. The molecule has 3 heteroatoms. The van der Waals surface area contributed by atoms with E-state index in [0.29, 0.717) is 6.10 Å². The van der Waals surface area contributed by atoms with Gasteiger partial charge in [-0.3, -0.25) is 0 Å². The lowest BCUT2D eigenvalue weighted by atomic mass is 10.0. The van der Waals surface area contributed by atoms with E-state index < -0.39 is 0 Å². The highest BCUT2D eigenvalue weighted by Gasteiger charge is 2.09. The van der Waals surface area contributed by atoms with Crippen molar-refractivity contribution in [2.45, 2.75) is 129 Å². The maximum Gasteiger partial charge on any atom is 0.0575 e. The number of nitrogens with two attached hydrogens (primary N) is 1. The van der Waals surface area contributed by atoms with E-state index in [2.05, 4.69) is 19.2 Å². The molecular weight excluding hydrogens is 332 g/mol. The predicted molar refractivity (Wildman–Crippen MR) is 122 cm³/mol. The van der Waals surface area contributed by atoms with Crippen molar-refractivity contribution in [2.24, 2.45) is 5.73 Å². The van der Waals surface area contributed by atoms with Crippen molar-refractivity contribution >= 4 is 0 Å². The van der Waals surface area contributed by atoms with E-state index in [1.165, 1.54) is 96.3 Å². The first kappa shape index (κ1) is 26.9. The van der Waals surface area contributed by atoms with Gasteiger partial charge in [-0.25, -0.2) is 0 Å². The summed E-state index contributed by atoms with van der Waals surface area (Å²) in [7, 11) is 0. The minimum atomic E-state index is 0.496. The third-order valence-electron chi connectivity index (χ3n) is 5.42. The summed E-state index contributed by atoms with van der Waals surface area (Å²) in [6, 6.07) is 0. The Labute approximate surface area is 171 Å². The lowest BCUT2D eigenvalue weighted by Crippen LogP contribution is -2.22. The molecule has 0 aromatic heterocycles. The molecule has 0 saturated carbocycles. The fourth-order valence-corrected chi connectivity index (χ4v) is 3.59. The average Bonchev–Trinajstić information content (AvgIpc) is 2.68. The van der Waals surface area contributed by atoms with Gasteiger partial charge in [-0.1, -0.05) is 97.3 Å². The molecule has 0 aliphatic heterocycles. The number of nitrogens with one attached hydrogen (secondary N) is 1. The Kier molecular flexibility index (Phi) is 23.8. The van der Waals surface area contributed by atoms with Gasteiger partial charge in [0.25, 0.3) is 0 Å². The molecule has 3 N–H and O–H groups in total. The van der Waals surface area contributed by atoms with Crippen molar-refractivity contribution in [3.05, 3.63) is 0 Å². The fourth-order valence-electron chi connectivity index (χ4n) is 3.59. The van der Waals surface area contributed by atoms with Crippen LogP contribution in [0.1, 0.15) is 123 Å². The normalized spacial score (nSPS) is 12.6. The van der Waals surface area contributed by atoms with Crippen molar-refractivity contribution in [1.29, 1.82) is 0 Å². The molecule has 0 saturated heterocycles. The quantitative estimate of drug-likeness (QED) is 0.195. The largest absolute Gasteiger partial charge is 0.378 e. The van der Waals surface area contributed by atoms with Crippen LogP contribution >= 0.6 is 0 Å². The van der Waals surface area contributed by atoms with Gasteiger partial charge in [0.1, 0.15) is 0 Å². The minimum absolute atomic E-state index is 0.496. The molecule has 0 amide bonds. The van der Waals surface area contributed by atoms with Gasteiger partial charge < -0.3 is 15.8 Å². The maximum absolute atomic E-state index is 6.26. The van der Waals surface area contributed by atoms with Crippen molar-refractivity contribution in [3.8, 4) is 0 Å². The Bertz CT molecular complexity index is 243. The van der Waals surface area contributed by atoms with Crippen LogP contribution in [0.15, 0.2) is 0 Å². The Hall–Kier alpha value is -0.120. The topological polar surface area (TPSA) is 47.3 Å². The molecule has 0 rings (SSSR count). The number of hydrogen-bond donors (Lipinski definition) is 2. The van der Waals surface area contributed by atoms with Crippen LogP contribution in [0, 0.1) is 0 Å². The first-order valence-electron chi connectivity index (χ1n) is 12.4. The van der Waals surface area contributed by atoms with Crippen LogP contribution in [0.5, 0.6) is 0 Å². The van der Waals surface area contributed by atoms with Crippen LogP contribution in [0.25, 0.3) is 0 Å². The van der Waals surface area contributed by atoms with Gasteiger partial charge in [0.05, 0.1) is 6.10 Å². The zero-order valence-electron chi connectivity index (χ0n) is 18.9. The van der Waals surface area contributed by atoms with Crippen molar-refractivity contribution in [3.63, 3.8) is 0 Å². The van der Waals surface area contributed by atoms with E-state index in [9.17, 15) is 0 Å². The Morgan fingerprint density at radius 3 is 1.63 bits per heavy atom. The number of ether oxygens (including phenoxy) is 1. The van der Waals surface area contributed by atoms with Crippen LogP contribution in [-0.2, 0) is 4.74 Å². The van der Waals surface area contributed by atoms with Crippen LogP contribution < -0.4 is 11.1 Å². The summed E-state index contributed by atoms with van der Waals surface area (Å²) in [6.07, 6.45) is 23.2. The lowest BCUT2D eigenvalue weighted by Gasteiger charge is -2.18. The summed E-state index contributed by atoms with van der Waals surface area (Å²) >= 11 is 0. The van der Waals surface area contributed by atoms with Crippen molar-refractivity contribution in [1.82, 2.24) is 5.32 Å². The van der Waals surface area contributed by atoms with Crippen LogP contribution in [0.3, 0.4) is 0 Å². The van der Waals surface area contributed by atoms with Gasteiger partial charge >= 0.3 is 0 Å². The van der Waals surface area contributed by atoms with E-state index >= 15 is 0 Å². The molecule has 0 aliphatic rings. The summed E-state index contributed by atoms with van der Waals surface area (Å²) in [6.45, 7) is 8.36. The molecule has 27 heavy (non-hydrogen) atoms. The second kappa shape index (κ2) is 23.9. The molecular formula is C24H52N2O. The molecule has 164 valence electrons. The van der Waals surface area contributed by atoms with E-state index in [1.807, 2.05) is 0 Å². The molecule has 1 unspecified atom stereocenters. The lowest BCUT2D eigenvalue weighted by molar-refractivity contribution is 0.0368. The molecule has 0 aliphatic carbocycles. The Morgan fingerprint density at radius 2 is 1.11 bits per heavy atom. The summed E-state index contributed by atoms with van der Waals surface area (Å²) in [4.78, 5) is 0. The number of hydrogen-bond acceptors (Lipinski definition) is 3. The first-order valence-corrected chi connectivity index (χ1v) is 12.4. The molecule has 0 spiro atoms. The SMILES string of the molecule is CCCCCCCCCC(CCCCCCCC)OCCCNCCCN. The van der Waals surface area contributed by atoms with Gasteiger partial charge in [-0.05, 0) is 45.3 Å². The predicted octanol–water partition coefficient (Wildman–Crippen LogP) is 6.59. The highest BCUT2D eigenvalue weighted by Crippen LogP contribution is 2.17. The molecule has 1 atom stereocenters. The van der Waals surface area contributed by atoms with Gasteiger partial charge in [0.15, 0.2) is 0 Å². The Balaban J connectivity index is 3.78. The number of rotatable bonds is 23. The van der Waals surface area contributed by atoms with Gasteiger partial charge in [-0.2, -0.15) is 0 Å². The van der Waals surface area contributed by atoms with E-state index in [1.54, 1.807) is 0 Å². The molecule has 0 radical (unpaired) electrons. The molecule has 0 fully saturated rings. The number of unbranched alkanes of at least 4 members (excludes halogenated alkanes) is 11. The highest BCUT2D eigenvalue weighted by atomic mass is 16.5. The average molecular weight is 385 g/mol. The van der Waals surface area contributed by atoms with Crippen molar-refractivity contribution < 1.29 is 4.74 Å². The summed E-state index contributed by atoms with van der Waals surface area (Å²) in [5.74, 6) is 0. The monoisotopic (exact) mass is 384 g/mol. The van der Waals surface area contributed by atoms with Crippen LogP contribution in [0.2, 0.25) is 0 Å². The van der Waals surface area contributed by atoms with E-state index in [-0.39, 0.29) is 0 Å². The molecule has 0 bridgehead atoms. The molecule has 3 nitrogen and oxygen atoms in total.